The van der Waals surface area contributed by atoms with Gasteiger partial charge in [0.15, 0.2) is 0 Å². The van der Waals surface area contributed by atoms with Crippen LogP contribution in [0.3, 0.4) is 0 Å². The third-order valence-electron chi connectivity index (χ3n) is 6.73. The lowest BCUT2D eigenvalue weighted by Gasteiger charge is -2.41. The molecule has 0 saturated heterocycles. The van der Waals surface area contributed by atoms with E-state index in [0.29, 0.717) is 11.5 Å². The summed E-state index contributed by atoms with van der Waals surface area (Å²) in [6.45, 7) is 4.45. The van der Waals surface area contributed by atoms with Crippen LogP contribution in [0.25, 0.3) is 0 Å². The molecule has 140 valence electrons. The lowest BCUT2D eigenvalue weighted by molar-refractivity contribution is 0.124. The number of halogens is 1. The van der Waals surface area contributed by atoms with Gasteiger partial charge in [-0.25, -0.2) is 4.39 Å². The Hall–Kier alpha value is -2.07. The van der Waals surface area contributed by atoms with Gasteiger partial charge < -0.3 is 0 Å². The maximum Gasteiger partial charge on any atom is 0.139 e. The molecule has 2 aromatic rings. The average molecular weight is 361 g/mol. The number of hydrogen-bond acceptors (Lipinski definition) is 0. The second kappa shape index (κ2) is 7.89. The van der Waals surface area contributed by atoms with Gasteiger partial charge in [-0.15, -0.1) is 0 Å². The van der Waals surface area contributed by atoms with Gasteiger partial charge >= 0.3 is 0 Å². The summed E-state index contributed by atoms with van der Waals surface area (Å²) in [6.07, 6.45) is 7.91. The molecule has 0 aliphatic heterocycles. The van der Waals surface area contributed by atoms with Crippen molar-refractivity contribution >= 4 is 0 Å². The zero-order valence-corrected chi connectivity index (χ0v) is 16.5. The van der Waals surface area contributed by atoms with Gasteiger partial charge in [0.2, 0.25) is 0 Å². The van der Waals surface area contributed by atoms with Crippen LogP contribution >= 0.6 is 0 Å². The van der Waals surface area contributed by atoms with Gasteiger partial charge in [0, 0.05) is 5.56 Å². The normalized spacial score (nSPS) is 27.4. The van der Waals surface area contributed by atoms with Crippen LogP contribution in [-0.2, 0) is 0 Å². The summed E-state index contributed by atoms with van der Waals surface area (Å²) >= 11 is 0. The Morgan fingerprint density at radius 2 is 1.59 bits per heavy atom. The molecule has 0 heterocycles. The van der Waals surface area contributed by atoms with E-state index in [0.717, 1.165) is 23.3 Å². The summed E-state index contributed by atoms with van der Waals surface area (Å²) in [5.74, 6) is 9.09. The van der Waals surface area contributed by atoms with E-state index < -0.39 is 0 Å². The van der Waals surface area contributed by atoms with Crippen LogP contribution in [-0.4, -0.2) is 0 Å². The summed E-state index contributed by atoms with van der Waals surface area (Å²) in [5.41, 5.74) is 3.80. The van der Waals surface area contributed by atoms with Gasteiger partial charge in [0.25, 0.3) is 0 Å². The van der Waals surface area contributed by atoms with E-state index in [9.17, 15) is 4.39 Å². The van der Waals surface area contributed by atoms with Crippen molar-refractivity contribution in [1.82, 2.24) is 0 Å². The molecule has 0 spiro atoms. The summed E-state index contributed by atoms with van der Waals surface area (Å²) < 4.78 is 14.7. The molecule has 2 saturated carbocycles. The Morgan fingerprint density at radius 1 is 0.852 bits per heavy atom. The van der Waals surface area contributed by atoms with Crippen LogP contribution in [0.5, 0.6) is 0 Å². The Balaban J connectivity index is 1.47. The summed E-state index contributed by atoms with van der Waals surface area (Å²) in [5, 5.41) is 0. The second-order valence-electron chi connectivity index (χ2n) is 8.80. The lowest BCUT2D eigenvalue weighted by Crippen LogP contribution is -2.29. The monoisotopic (exact) mass is 360 g/mol. The predicted octanol–water partition coefficient (Wildman–Crippen LogP) is 6.85. The smallest absolute Gasteiger partial charge is 0.139 e. The fourth-order valence-corrected chi connectivity index (χ4v) is 5.09. The molecular formula is C26H29F. The van der Waals surface area contributed by atoms with E-state index in [4.69, 9.17) is 0 Å². The van der Waals surface area contributed by atoms with Crippen molar-refractivity contribution < 1.29 is 4.39 Å². The van der Waals surface area contributed by atoms with Crippen LogP contribution in [0, 0.1) is 42.3 Å². The summed E-state index contributed by atoms with van der Waals surface area (Å²) in [7, 11) is 0. The molecule has 2 aliphatic rings. The Morgan fingerprint density at radius 3 is 2.37 bits per heavy atom. The van der Waals surface area contributed by atoms with Crippen LogP contribution in [0.15, 0.2) is 42.5 Å². The zero-order valence-electron chi connectivity index (χ0n) is 16.5. The molecule has 2 aliphatic carbocycles. The zero-order chi connectivity index (χ0) is 18.8. The molecule has 4 rings (SSSR count). The van der Waals surface area contributed by atoms with E-state index in [1.807, 2.05) is 30.3 Å². The number of hydrogen-bond donors (Lipinski definition) is 0. The largest absolute Gasteiger partial charge is 0.206 e. The second-order valence-corrected chi connectivity index (χ2v) is 8.80. The molecule has 0 bridgehead atoms. The average Bonchev–Trinajstić information content (AvgIpc) is 2.68. The molecule has 0 N–H and O–H groups in total. The standard InChI is InChI=1S/C26H29F/c1-18-3-6-20(7-4-18)8-10-21-11-12-25(17-26(21)27)24-14-13-22-15-19(2)5-9-23(22)16-24/h3-4,6-7,11-12,17,19,22-24H,5,9,13-16H2,1-2H3. The minimum absolute atomic E-state index is 0.175. The fourth-order valence-electron chi connectivity index (χ4n) is 5.09. The number of rotatable bonds is 1. The molecule has 0 radical (unpaired) electrons. The topological polar surface area (TPSA) is 0 Å². The highest BCUT2D eigenvalue weighted by atomic mass is 19.1. The van der Waals surface area contributed by atoms with Crippen LogP contribution in [0.2, 0.25) is 0 Å². The van der Waals surface area contributed by atoms with E-state index in [1.54, 1.807) is 6.07 Å². The first-order valence-electron chi connectivity index (χ1n) is 10.5. The van der Waals surface area contributed by atoms with Crippen molar-refractivity contribution in [2.45, 2.75) is 58.3 Å². The fraction of sp³-hybridized carbons (Fsp3) is 0.462. The Kier molecular flexibility index (Phi) is 5.35. The van der Waals surface area contributed by atoms with Gasteiger partial charge in [-0.3, -0.25) is 0 Å². The van der Waals surface area contributed by atoms with Crippen LogP contribution in [0.1, 0.15) is 73.6 Å². The minimum Gasteiger partial charge on any atom is -0.206 e. The molecule has 0 amide bonds. The minimum atomic E-state index is -0.175. The SMILES string of the molecule is Cc1ccc(C#Cc2ccc(C3CCC4CC(C)CCC4C3)cc2F)cc1. The highest BCUT2D eigenvalue weighted by molar-refractivity contribution is 5.45. The van der Waals surface area contributed by atoms with Gasteiger partial charge in [0.1, 0.15) is 5.82 Å². The highest BCUT2D eigenvalue weighted by Crippen LogP contribution is 2.47. The van der Waals surface area contributed by atoms with Gasteiger partial charge in [0.05, 0.1) is 5.56 Å². The number of benzene rings is 2. The third-order valence-corrected chi connectivity index (χ3v) is 6.73. The first-order valence-corrected chi connectivity index (χ1v) is 10.5. The van der Waals surface area contributed by atoms with Crippen molar-refractivity contribution in [3.05, 3.63) is 70.5 Å². The molecule has 2 aromatic carbocycles. The maximum absolute atomic E-state index is 14.7. The van der Waals surface area contributed by atoms with Gasteiger partial charge in [-0.2, -0.15) is 0 Å². The molecule has 27 heavy (non-hydrogen) atoms. The molecule has 2 fully saturated rings. The van der Waals surface area contributed by atoms with E-state index in [-0.39, 0.29) is 5.82 Å². The van der Waals surface area contributed by atoms with Crippen molar-refractivity contribution in [2.24, 2.45) is 17.8 Å². The Labute approximate surface area is 163 Å². The predicted molar refractivity (Wildman–Crippen MR) is 110 cm³/mol. The van der Waals surface area contributed by atoms with Crippen LogP contribution in [0.4, 0.5) is 4.39 Å². The quantitative estimate of drug-likeness (QED) is 0.488. The third kappa shape index (κ3) is 4.27. The Bertz CT molecular complexity index is 852. The number of fused-ring (bicyclic) bond motifs is 1. The molecule has 1 heteroatoms. The molecular weight excluding hydrogens is 331 g/mol. The van der Waals surface area contributed by atoms with Gasteiger partial charge in [-0.1, -0.05) is 48.9 Å². The molecule has 0 aromatic heterocycles. The molecule has 0 nitrogen and oxygen atoms in total. The van der Waals surface area contributed by atoms with E-state index >= 15 is 0 Å². The molecule has 4 unspecified atom stereocenters. The highest BCUT2D eigenvalue weighted by Gasteiger charge is 2.34. The maximum atomic E-state index is 14.7. The first kappa shape index (κ1) is 18.3. The van der Waals surface area contributed by atoms with E-state index in [2.05, 4.69) is 31.8 Å². The first-order chi connectivity index (χ1) is 13.1. The van der Waals surface area contributed by atoms with E-state index in [1.165, 1.54) is 49.7 Å². The molecule has 4 atom stereocenters. The summed E-state index contributed by atoms with van der Waals surface area (Å²) in [4.78, 5) is 0. The van der Waals surface area contributed by atoms with Gasteiger partial charge in [-0.05, 0) is 92.5 Å². The van der Waals surface area contributed by atoms with Crippen molar-refractivity contribution in [2.75, 3.05) is 0 Å². The van der Waals surface area contributed by atoms with Crippen molar-refractivity contribution in [3.8, 4) is 11.8 Å². The van der Waals surface area contributed by atoms with Crippen LogP contribution < -0.4 is 0 Å². The number of aryl methyl sites for hydroxylation is 1. The lowest BCUT2D eigenvalue weighted by atomic mass is 9.64. The summed E-state index contributed by atoms with van der Waals surface area (Å²) in [6, 6.07) is 13.8. The van der Waals surface area contributed by atoms with Crippen molar-refractivity contribution in [1.29, 1.82) is 0 Å². The van der Waals surface area contributed by atoms with Crippen molar-refractivity contribution in [3.63, 3.8) is 0 Å².